The van der Waals surface area contributed by atoms with Crippen molar-refractivity contribution >= 4 is 11.7 Å². The summed E-state index contributed by atoms with van der Waals surface area (Å²) in [5.41, 5.74) is 0.727. The van der Waals surface area contributed by atoms with Crippen molar-refractivity contribution in [2.24, 2.45) is 0 Å². The summed E-state index contributed by atoms with van der Waals surface area (Å²) >= 11 is 0. The molecule has 0 fully saturated rings. The highest BCUT2D eigenvalue weighted by atomic mass is 16.6. The lowest BCUT2D eigenvalue weighted by molar-refractivity contribution is -0.384. The van der Waals surface area contributed by atoms with Gasteiger partial charge in [0.1, 0.15) is 0 Å². The van der Waals surface area contributed by atoms with Gasteiger partial charge in [0, 0.05) is 36.3 Å². The van der Waals surface area contributed by atoms with E-state index in [4.69, 9.17) is 9.15 Å². The summed E-state index contributed by atoms with van der Waals surface area (Å²) in [6.45, 7) is -0.222. The molecule has 0 spiro atoms. The minimum Gasteiger partial charge on any atom is -0.452 e. The van der Waals surface area contributed by atoms with Crippen LogP contribution in [0, 0.1) is 10.1 Å². The lowest BCUT2D eigenvalue weighted by atomic mass is 10.2. The first-order valence-electron chi connectivity index (χ1n) is 8.30. The number of nitrogens with zero attached hydrogens (tertiary/aromatic N) is 6. The van der Waals surface area contributed by atoms with Crippen LogP contribution >= 0.6 is 0 Å². The van der Waals surface area contributed by atoms with Gasteiger partial charge in [-0.1, -0.05) is 0 Å². The molecule has 0 amide bonds. The summed E-state index contributed by atoms with van der Waals surface area (Å²) in [4.78, 5) is 26.5. The van der Waals surface area contributed by atoms with Crippen LogP contribution in [-0.4, -0.2) is 35.9 Å². The Morgan fingerprint density at radius 1 is 1.17 bits per heavy atom. The molecule has 144 valence electrons. The highest BCUT2D eigenvalue weighted by Crippen LogP contribution is 2.21. The fraction of sp³-hybridized carbons (Fsp3) is 0.0556. The van der Waals surface area contributed by atoms with Crippen LogP contribution in [0.5, 0.6) is 0 Å². The van der Waals surface area contributed by atoms with Gasteiger partial charge in [0.15, 0.2) is 12.4 Å². The van der Waals surface area contributed by atoms with E-state index in [-0.39, 0.29) is 29.6 Å². The monoisotopic (exact) mass is 392 g/mol. The van der Waals surface area contributed by atoms with Crippen molar-refractivity contribution in [3.63, 3.8) is 0 Å². The number of non-ortho nitro benzene ring substituents is 1. The van der Waals surface area contributed by atoms with Crippen molar-refractivity contribution < 1.29 is 18.9 Å². The molecule has 3 aromatic heterocycles. The number of nitro groups is 1. The number of nitro benzene ring substituents is 1. The molecule has 3 heterocycles. The van der Waals surface area contributed by atoms with Gasteiger partial charge in [0.25, 0.3) is 11.6 Å². The van der Waals surface area contributed by atoms with Gasteiger partial charge in [-0.15, -0.1) is 10.2 Å². The minimum absolute atomic E-state index is 0.0467. The maximum Gasteiger partial charge on any atom is 0.340 e. The molecule has 0 saturated heterocycles. The Bertz CT molecular complexity index is 1140. The van der Waals surface area contributed by atoms with E-state index in [1.54, 1.807) is 35.3 Å². The number of pyridine rings is 1. The zero-order valence-electron chi connectivity index (χ0n) is 14.7. The number of carbonyl (C=O) groups is 1. The van der Waals surface area contributed by atoms with Gasteiger partial charge in [0.2, 0.25) is 5.89 Å². The molecule has 29 heavy (non-hydrogen) atoms. The lowest BCUT2D eigenvalue weighted by Gasteiger charge is -2.03. The molecule has 0 radical (unpaired) electrons. The second-order valence-electron chi connectivity index (χ2n) is 5.74. The van der Waals surface area contributed by atoms with E-state index in [2.05, 4.69) is 20.3 Å². The molecule has 0 bridgehead atoms. The number of hydrogen-bond donors (Lipinski definition) is 0. The quantitative estimate of drug-likeness (QED) is 0.275. The van der Waals surface area contributed by atoms with Crippen LogP contribution < -0.4 is 0 Å². The number of esters is 1. The molecule has 0 saturated carbocycles. The third-order valence-corrected chi connectivity index (χ3v) is 3.84. The van der Waals surface area contributed by atoms with Gasteiger partial charge in [-0.25, -0.2) is 14.5 Å². The van der Waals surface area contributed by atoms with Gasteiger partial charge in [0.05, 0.1) is 10.5 Å². The molecule has 0 aliphatic rings. The van der Waals surface area contributed by atoms with E-state index in [1.807, 2.05) is 0 Å². The summed E-state index contributed by atoms with van der Waals surface area (Å²) in [5, 5.41) is 22.4. The van der Waals surface area contributed by atoms with Crippen molar-refractivity contribution in [3.8, 4) is 17.3 Å². The highest BCUT2D eigenvalue weighted by molar-refractivity contribution is 5.89. The van der Waals surface area contributed by atoms with E-state index < -0.39 is 10.9 Å². The number of hydrogen-bond acceptors (Lipinski definition) is 9. The second-order valence-corrected chi connectivity index (χ2v) is 5.74. The standard InChI is InChI=1S/C18H12N6O5/c25-18(13-4-7-15(19-10-13)23-9-1-8-20-23)28-11-16-21-22-17(29-16)12-2-5-14(6-3-12)24(26)27/h1-10H,11H2. The van der Waals surface area contributed by atoms with E-state index in [0.29, 0.717) is 11.4 Å². The first-order valence-corrected chi connectivity index (χ1v) is 8.30. The lowest BCUT2D eigenvalue weighted by Crippen LogP contribution is -2.07. The first-order chi connectivity index (χ1) is 14.1. The Labute approximate surface area is 162 Å². The molecular formula is C18H12N6O5. The molecule has 0 N–H and O–H groups in total. The molecular weight excluding hydrogens is 380 g/mol. The van der Waals surface area contributed by atoms with E-state index >= 15 is 0 Å². The molecule has 0 atom stereocenters. The highest BCUT2D eigenvalue weighted by Gasteiger charge is 2.14. The van der Waals surface area contributed by atoms with Crippen LogP contribution in [0.2, 0.25) is 0 Å². The third-order valence-electron chi connectivity index (χ3n) is 3.84. The molecule has 4 rings (SSSR count). The predicted octanol–water partition coefficient (Wildman–Crippen LogP) is 2.58. The average molecular weight is 392 g/mol. The van der Waals surface area contributed by atoms with Gasteiger partial charge in [-0.3, -0.25) is 10.1 Å². The third kappa shape index (κ3) is 3.98. The molecule has 1 aromatic carbocycles. The normalized spacial score (nSPS) is 10.6. The molecule has 4 aromatic rings. The summed E-state index contributed by atoms with van der Waals surface area (Å²) in [5.74, 6) is 0.222. The number of aromatic nitrogens is 5. The molecule has 0 unspecified atom stereocenters. The van der Waals surface area contributed by atoms with Crippen LogP contribution in [0.25, 0.3) is 17.3 Å². The van der Waals surface area contributed by atoms with Gasteiger partial charge >= 0.3 is 5.97 Å². The van der Waals surface area contributed by atoms with Crippen LogP contribution in [0.3, 0.4) is 0 Å². The van der Waals surface area contributed by atoms with Crippen molar-refractivity contribution in [1.29, 1.82) is 0 Å². The van der Waals surface area contributed by atoms with Crippen molar-refractivity contribution in [1.82, 2.24) is 25.0 Å². The number of benzene rings is 1. The first kappa shape index (κ1) is 18.0. The molecule has 0 aliphatic heterocycles. The Morgan fingerprint density at radius 2 is 2.00 bits per heavy atom. The maximum atomic E-state index is 12.2. The van der Waals surface area contributed by atoms with E-state index in [1.165, 1.54) is 30.5 Å². The number of ether oxygens (including phenoxy) is 1. The number of carbonyl (C=O) groups excluding carboxylic acids is 1. The molecule has 11 nitrogen and oxygen atoms in total. The zero-order valence-corrected chi connectivity index (χ0v) is 14.7. The molecule has 0 aliphatic carbocycles. The smallest absolute Gasteiger partial charge is 0.340 e. The fourth-order valence-corrected chi connectivity index (χ4v) is 2.41. The van der Waals surface area contributed by atoms with Crippen molar-refractivity contribution in [2.75, 3.05) is 0 Å². The van der Waals surface area contributed by atoms with Gasteiger partial charge in [-0.05, 0) is 30.3 Å². The Balaban J connectivity index is 1.38. The Kier molecular flexibility index (Phi) is 4.76. The van der Waals surface area contributed by atoms with Crippen molar-refractivity contribution in [3.05, 3.63) is 82.6 Å². The minimum atomic E-state index is -0.598. The SMILES string of the molecule is O=C(OCc1nnc(-c2ccc([N+](=O)[O-])cc2)o1)c1ccc(-n2cccn2)nc1. The summed E-state index contributed by atoms with van der Waals surface area (Å²) in [6, 6.07) is 10.6. The Hall–Kier alpha value is -4.41. The van der Waals surface area contributed by atoms with E-state index in [9.17, 15) is 14.9 Å². The number of rotatable bonds is 6. The van der Waals surface area contributed by atoms with Crippen LogP contribution in [0.15, 0.2) is 65.5 Å². The van der Waals surface area contributed by atoms with Gasteiger partial charge in [-0.2, -0.15) is 5.10 Å². The van der Waals surface area contributed by atoms with Gasteiger partial charge < -0.3 is 9.15 Å². The van der Waals surface area contributed by atoms with Crippen molar-refractivity contribution in [2.45, 2.75) is 6.61 Å². The Morgan fingerprint density at radius 3 is 2.66 bits per heavy atom. The summed E-state index contributed by atoms with van der Waals surface area (Å²) in [6.07, 6.45) is 4.74. The maximum absolute atomic E-state index is 12.2. The average Bonchev–Trinajstić information content (AvgIpc) is 3.44. The topological polar surface area (TPSA) is 139 Å². The van der Waals surface area contributed by atoms with Crippen LogP contribution in [-0.2, 0) is 11.3 Å². The summed E-state index contributed by atoms with van der Waals surface area (Å²) < 4.78 is 12.1. The van der Waals surface area contributed by atoms with E-state index in [0.717, 1.165) is 0 Å². The predicted molar refractivity (Wildman–Crippen MR) is 96.9 cm³/mol. The van der Waals surface area contributed by atoms with Crippen LogP contribution in [0.4, 0.5) is 5.69 Å². The summed E-state index contributed by atoms with van der Waals surface area (Å²) in [7, 11) is 0. The fourth-order valence-electron chi connectivity index (χ4n) is 2.41. The second kappa shape index (κ2) is 7.68. The zero-order chi connectivity index (χ0) is 20.2. The largest absolute Gasteiger partial charge is 0.452 e. The van der Waals surface area contributed by atoms with Crippen LogP contribution in [0.1, 0.15) is 16.2 Å². The molecule has 11 heteroatoms.